The first kappa shape index (κ1) is 16.9. The van der Waals surface area contributed by atoms with Crippen molar-refractivity contribution in [3.63, 3.8) is 0 Å². The molecule has 0 saturated carbocycles. The molecule has 2 aliphatic rings. The average molecular weight is 354 g/mol. The fourth-order valence-electron chi connectivity index (χ4n) is 3.24. The van der Waals surface area contributed by atoms with Crippen LogP contribution in [0.2, 0.25) is 0 Å². The van der Waals surface area contributed by atoms with E-state index in [0.717, 1.165) is 19.6 Å². The number of amides is 1. The summed E-state index contributed by atoms with van der Waals surface area (Å²) in [5.41, 5.74) is 1.78. The third-order valence-corrected chi connectivity index (χ3v) is 4.67. The van der Waals surface area contributed by atoms with Gasteiger partial charge in [0.25, 0.3) is 5.91 Å². The summed E-state index contributed by atoms with van der Waals surface area (Å²) >= 11 is 0. The van der Waals surface area contributed by atoms with E-state index in [0.29, 0.717) is 30.2 Å². The molecule has 26 heavy (non-hydrogen) atoms. The maximum atomic E-state index is 12.3. The number of carbonyl (C=O) groups excluding carboxylic acids is 1. The van der Waals surface area contributed by atoms with Crippen LogP contribution in [0.5, 0.6) is 11.5 Å². The van der Waals surface area contributed by atoms with Gasteiger partial charge in [0.2, 0.25) is 6.79 Å². The van der Waals surface area contributed by atoms with Crippen LogP contribution in [0.25, 0.3) is 0 Å². The zero-order valence-electron chi connectivity index (χ0n) is 14.5. The van der Waals surface area contributed by atoms with Gasteiger partial charge in [-0.3, -0.25) is 9.69 Å². The van der Waals surface area contributed by atoms with Gasteiger partial charge in [-0.25, -0.2) is 0 Å². The van der Waals surface area contributed by atoms with Gasteiger partial charge in [0.15, 0.2) is 11.5 Å². The Morgan fingerprint density at radius 3 is 2.85 bits per heavy atom. The van der Waals surface area contributed by atoms with E-state index in [-0.39, 0.29) is 18.8 Å². The van der Waals surface area contributed by atoms with E-state index in [4.69, 9.17) is 14.2 Å². The van der Waals surface area contributed by atoms with Crippen molar-refractivity contribution in [1.82, 2.24) is 10.2 Å². The topological polar surface area (TPSA) is 60.0 Å². The lowest BCUT2D eigenvalue weighted by atomic mass is 10.1. The van der Waals surface area contributed by atoms with Gasteiger partial charge in [-0.2, -0.15) is 0 Å². The Bertz CT molecular complexity index is 766. The van der Waals surface area contributed by atoms with Crippen LogP contribution in [0.15, 0.2) is 48.5 Å². The lowest BCUT2D eigenvalue weighted by Gasteiger charge is -2.33. The van der Waals surface area contributed by atoms with E-state index in [1.807, 2.05) is 18.2 Å². The lowest BCUT2D eigenvalue weighted by molar-refractivity contribution is -0.0293. The Morgan fingerprint density at radius 2 is 1.96 bits per heavy atom. The Morgan fingerprint density at radius 1 is 1.12 bits per heavy atom. The number of carbonyl (C=O) groups is 1. The van der Waals surface area contributed by atoms with Gasteiger partial charge in [-0.1, -0.05) is 30.3 Å². The van der Waals surface area contributed by atoms with E-state index < -0.39 is 0 Å². The molecule has 1 amide bonds. The quantitative estimate of drug-likeness (QED) is 0.892. The molecule has 2 aliphatic heterocycles. The molecule has 2 aromatic rings. The van der Waals surface area contributed by atoms with E-state index in [1.54, 1.807) is 18.2 Å². The smallest absolute Gasteiger partial charge is 0.251 e. The summed E-state index contributed by atoms with van der Waals surface area (Å²) in [6, 6.07) is 15.5. The number of benzene rings is 2. The molecule has 0 aromatic heterocycles. The molecule has 1 N–H and O–H groups in total. The first-order valence-corrected chi connectivity index (χ1v) is 8.86. The number of nitrogens with one attached hydrogen (secondary N) is 1. The fraction of sp³-hybridized carbons (Fsp3) is 0.350. The third kappa shape index (κ3) is 3.81. The molecular weight excluding hydrogens is 332 g/mol. The van der Waals surface area contributed by atoms with Gasteiger partial charge in [0, 0.05) is 31.7 Å². The van der Waals surface area contributed by atoms with Crippen molar-refractivity contribution < 1.29 is 19.0 Å². The molecular formula is C20H22N2O4. The molecule has 1 saturated heterocycles. The molecule has 1 atom stereocenters. The molecule has 2 aromatic carbocycles. The van der Waals surface area contributed by atoms with E-state index in [9.17, 15) is 4.79 Å². The van der Waals surface area contributed by atoms with Crippen LogP contribution in [0.3, 0.4) is 0 Å². The standard InChI is InChI=1S/C20H22N2O4/c23-20(16-6-7-17-18(12-16)26-14-25-17)21-8-9-22-10-11-24-19(13-22)15-4-2-1-3-5-15/h1-7,12,19H,8-11,13-14H2,(H,21,23)/t19-/m1/s1. The Labute approximate surface area is 152 Å². The highest BCUT2D eigenvalue weighted by Gasteiger charge is 2.22. The molecule has 6 nitrogen and oxygen atoms in total. The number of morpholine rings is 1. The van der Waals surface area contributed by atoms with Crippen molar-refractivity contribution in [2.24, 2.45) is 0 Å². The highest BCUT2D eigenvalue weighted by Crippen LogP contribution is 2.32. The molecule has 0 radical (unpaired) electrons. The third-order valence-electron chi connectivity index (χ3n) is 4.67. The minimum atomic E-state index is -0.101. The van der Waals surface area contributed by atoms with E-state index in [2.05, 4.69) is 22.3 Å². The van der Waals surface area contributed by atoms with Gasteiger partial charge < -0.3 is 19.5 Å². The summed E-state index contributed by atoms with van der Waals surface area (Å²) in [7, 11) is 0. The normalized spacial score (nSPS) is 19.3. The van der Waals surface area contributed by atoms with Crippen molar-refractivity contribution >= 4 is 5.91 Å². The average Bonchev–Trinajstić information content (AvgIpc) is 3.17. The zero-order valence-corrected chi connectivity index (χ0v) is 14.5. The second-order valence-electron chi connectivity index (χ2n) is 6.39. The summed E-state index contributed by atoms with van der Waals surface area (Å²) in [6.07, 6.45) is 0.0921. The maximum Gasteiger partial charge on any atom is 0.251 e. The van der Waals surface area contributed by atoms with Crippen molar-refractivity contribution in [1.29, 1.82) is 0 Å². The predicted molar refractivity (Wildman–Crippen MR) is 96.5 cm³/mol. The van der Waals surface area contributed by atoms with Gasteiger partial charge in [0.05, 0.1) is 12.7 Å². The Balaban J connectivity index is 1.27. The van der Waals surface area contributed by atoms with Crippen molar-refractivity contribution in [2.45, 2.75) is 6.10 Å². The summed E-state index contributed by atoms with van der Waals surface area (Å²) in [4.78, 5) is 14.6. The Kier molecular flexibility index (Phi) is 5.04. The fourth-order valence-corrected chi connectivity index (χ4v) is 3.24. The Hall–Kier alpha value is -2.57. The number of ether oxygens (including phenoxy) is 3. The summed E-state index contributed by atoms with van der Waals surface area (Å²) < 4.78 is 16.5. The minimum Gasteiger partial charge on any atom is -0.454 e. The molecule has 0 aliphatic carbocycles. The molecule has 2 heterocycles. The minimum absolute atomic E-state index is 0.0921. The van der Waals surface area contributed by atoms with Crippen LogP contribution in [-0.2, 0) is 4.74 Å². The van der Waals surface area contributed by atoms with E-state index >= 15 is 0 Å². The second kappa shape index (κ2) is 7.76. The van der Waals surface area contributed by atoms with Crippen LogP contribution in [-0.4, -0.2) is 50.4 Å². The van der Waals surface area contributed by atoms with Crippen LogP contribution in [0, 0.1) is 0 Å². The molecule has 1 fully saturated rings. The first-order chi connectivity index (χ1) is 12.8. The van der Waals surface area contributed by atoms with Crippen molar-refractivity contribution in [3.05, 3.63) is 59.7 Å². The summed E-state index contributed by atoms with van der Waals surface area (Å²) in [6.45, 7) is 4.01. The lowest BCUT2D eigenvalue weighted by Crippen LogP contribution is -2.42. The SMILES string of the molecule is O=C(NCCN1CCO[C@@H](c2ccccc2)C1)c1ccc2c(c1)OCO2. The van der Waals surface area contributed by atoms with Gasteiger partial charge in [-0.05, 0) is 23.8 Å². The first-order valence-electron chi connectivity index (χ1n) is 8.86. The zero-order chi connectivity index (χ0) is 17.8. The van der Waals surface area contributed by atoms with Crippen molar-refractivity contribution in [2.75, 3.05) is 39.6 Å². The maximum absolute atomic E-state index is 12.3. The largest absolute Gasteiger partial charge is 0.454 e. The summed E-state index contributed by atoms with van der Waals surface area (Å²) in [5, 5.41) is 2.97. The van der Waals surface area contributed by atoms with Gasteiger partial charge in [0.1, 0.15) is 0 Å². The second-order valence-corrected chi connectivity index (χ2v) is 6.39. The number of rotatable bonds is 5. The van der Waals surface area contributed by atoms with Crippen LogP contribution in [0.4, 0.5) is 0 Å². The van der Waals surface area contributed by atoms with Crippen molar-refractivity contribution in [3.8, 4) is 11.5 Å². The monoisotopic (exact) mass is 354 g/mol. The summed E-state index contributed by atoms with van der Waals surface area (Å²) in [5.74, 6) is 1.20. The molecule has 4 rings (SSSR count). The van der Waals surface area contributed by atoms with Crippen LogP contribution in [0.1, 0.15) is 22.0 Å². The molecule has 0 unspecified atom stereocenters. The number of hydrogen-bond donors (Lipinski definition) is 1. The number of fused-ring (bicyclic) bond motifs is 1. The van der Waals surface area contributed by atoms with E-state index in [1.165, 1.54) is 5.56 Å². The van der Waals surface area contributed by atoms with Crippen LogP contribution < -0.4 is 14.8 Å². The number of hydrogen-bond acceptors (Lipinski definition) is 5. The predicted octanol–water partition coefficient (Wildman–Crippen LogP) is 2.22. The van der Waals surface area contributed by atoms with Gasteiger partial charge in [-0.15, -0.1) is 0 Å². The number of nitrogens with zero attached hydrogens (tertiary/aromatic N) is 1. The highest BCUT2D eigenvalue weighted by molar-refractivity contribution is 5.94. The highest BCUT2D eigenvalue weighted by atomic mass is 16.7. The molecule has 0 spiro atoms. The van der Waals surface area contributed by atoms with Gasteiger partial charge >= 0.3 is 0 Å². The van der Waals surface area contributed by atoms with Crippen LogP contribution >= 0.6 is 0 Å². The molecule has 0 bridgehead atoms. The molecule has 136 valence electrons. The molecule has 6 heteroatoms.